The summed E-state index contributed by atoms with van der Waals surface area (Å²) < 4.78 is 6.28. The number of fused-ring (bicyclic) bond motifs is 1. The lowest BCUT2D eigenvalue weighted by atomic mass is 9.82. The standard InChI is InChI=1S/C20H23N3O2/c21-15-3-1-14(2-4-15)13-23-9-7-20(8-10-23)12-18(24)17-11-16(22)5-6-19(17)25-20/h1-6,11H,7-10,12-13,21-22H2. The van der Waals surface area contributed by atoms with Gasteiger partial charge in [-0.3, -0.25) is 9.69 Å². The van der Waals surface area contributed by atoms with E-state index in [0.29, 0.717) is 23.4 Å². The fourth-order valence-electron chi connectivity index (χ4n) is 3.79. The molecule has 2 heterocycles. The van der Waals surface area contributed by atoms with Crippen LogP contribution in [0.1, 0.15) is 35.2 Å². The molecule has 5 heteroatoms. The maximum absolute atomic E-state index is 12.6. The van der Waals surface area contributed by atoms with Crippen LogP contribution in [0, 0.1) is 0 Å². The maximum Gasteiger partial charge on any atom is 0.170 e. The third kappa shape index (κ3) is 3.20. The first kappa shape index (κ1) is 16.0. The zero-order chi connectivity index (χ0) is 17.4. The number of nitrogen functional groups attached to an aromatic ring is 2. The Morgan fingerprint density at radius 1 is 1.00 bits per heavy atom. The van der Waals surface area contributed by atoms with Gasteiger partial charge in [0.05, 0.1) is 12.0 Å². The molecule has 0 amide bonds. The van der Waals surface area contributed by atoms with Gasteiger partial charge in [-0.15, -0.1) is 0 Å². The highest BCUT2D eigenvalue weighted by molar-refractivity contribution is 6.01. The Kier molecular flexibility index (Phi) is 3.88. The number of nitrogens with zero attached hydrogens (tertiary/aromatic N) is 1. The molecule has 1 saturated heterocycles. The number of benzene rings is 2. The van der Waals surface area contributed by atoms with Crippen LogP contribution in [0.4, 0.5) is 11.4 Å². The number of Topliss-reactive ketones (excluding diaryl/α,β-unsaturated/α-hetero) is 1. The molecule has 0 unspecified atom stereocenters. The highest BCUT2D eigenvalue weighted by Crippen LogP contribution is 2.40. The van der Waals surface area contributed by atoms with Crippen molar-refractivity contribution in [1.29, 1.82) is 0 Å². The molecular formula is C20H23N3O2. The Morgan fingerprint density at radius 3 is 2.40 bits per heavy atom. The van der Waals surface area contributed by atoms with E-state index >= 15 is 0 Å². The van der Waals surface area contributed by atoms with Crippen LogP contribution in [0.15, 0.2) is 42.5 Å². The Bertz CT molecular complexity index is 793. The lowest BCUT2D eigenvalue weighted by Crippen LogP contribution is -2.50. The van der Waals surface area contributed by atoms with Gasteiger partial charge in [-0.25, -0.2) is 0 Å². The number of hydrogen-bond donors (Lipinski definition) is 2. The first-order chi connectivity index (χ1) is 12.0. The van der Waals surface area contributed by atoms with Crippen LogP contribution in [-0.4, -0.2) is 29.4 Å². The molecule has 4 N–H and O–H groups in total. The highest BCUT2D eigenvalue weighted by atomic mass is 16.5. The van der Waals surface area contributed by atoms with Crippen molar-refractivity contribution in [2.24, 2.45) is 0 Å². The molecule has 0 aliphatic carbocycles. The zero-order valence-electron chi connectivity index (χ0n) is 14.2. The Morgan fingerprint density at radius 2 is 1.68 bits per heavy atom. The van der Waals surface area contributed by atoms with Crippen molar-refractivity contribution >= 4 is 17.2 Å². The van der Waals surface area contributed by atoms with E-state index in [1.165, 1.54) is 5.56 Å². The van der Waals surface area contributed by atoms with E-state index in [4.69, 9.17) is 16.2 Å². The van der Waals surface area contributed by atoms with Crippen molar-refractivity contribution in [3.8, 4) is 5.75 Å². The molecule has 2 aliphatic rings. The fourth-order valence-corrected chi connectivity index (χ4v) is 3.79. The van der Waals surface area contributed by atoms with Crippen molar-refractivity contribution in [1.82, 2.24) is 4.90 Å². The second kappa shape index (κ2) is 6.08. The van der Waals surface area contributed by atoms with Gasteiger partial charge in [-0.1, -0.05) is 12.1 Å². The molecule has 1 fully saturated rings. The number of hydrogen-bond acceptors (Lipinski definition) is 5. The van der Waals surface area contributed by atoms with Gasteiger partial charge >= 0.3 is 0 Å². The molecular weight excluding hydrogens is 314 g/mol. The molecule has 0 atom stereocenters. The molecule has 0 radical (unpaired) electrons. The summed E-state index contributed by atoms with van der Waals surface area (Å²) in [5.74, 6) is 0.818. The van der Waals surface area contributed by atoms with Gasteiger partial charge in [0.2, 0.25) is 0 Å². The SMILES string of the molecule is Nc1ccc(CN2CCC3(CC2)CC(=O)c2cc(N)ccc2O3)cc1. The van der Waals surface area contributed by atoms with Crippen LogP contribution < -0.4 is 16.2 Å². The second-order valence-corrected chi connectivity index (χ2v) is 7.16. The van der Waals surface area contributed by atoms with Gasteiger partial charge < -0.3 is 16.2 Å². The van der Waals surface area contributed by atoms with Gasteiger partial charge in [0, 0.05) is 43.9 Å². The topological polar surface area (TPSA) is 81.6 Å². The summed E-state index contributed by atoms with van der Waals surface area (Å²) in [6.07, 6.45) is 2.16. The second-order valence-electron chi connectivity index (χ2n) is 7.16. The monoisotopic (exact) mass is 337 g/mol. The van der Waals surface area contributed by atoms with E-state index in [9.17, 15) is 4.79 Å². The highest BCUT2D eigenvalue weighted by Gasteiger charge is 2.42. The minimum Gasteiger partial charge on any atom is -0.486 e. The van der Waals surface area contributed by atoms with Gasteiger partial charge in [0.1, 0.15) is 11.4 Å². The predicted molar refractivity (Wildman–Crippen MR) is 98.5 cm³/mol. The van der Waals surface area contributed by atoms with Crippen LogP contribution in [0.3, 0.4) is 0 Å². The smallest absolute Gasteiger partial charge is 0.170 e. The zero-order valence-corrected chi connectivity index (χ0v) is 14.2. The molecule has 1 spiro atoms. The van der Waals surface area contributed by atoms with Gasteiger partial charge in [-0.05, 0) is 35.9 Å². The number of carbonyl (C=O) groups is 1. The first-order valence-corrected chi connectivity index (χ1v) is 8.72. The Hall–Kier alpha value is -2.53. The molecule has 4 rings (SSSR count). The molecule has 2 aromatic carbocycles. The fraction of sp³-hybridized carbons (Fsp3) is 0.350. The Labute approximate surface area is 147 Å². The summed E-state index contributed by atoms with van der Waals surface area (Å²) in [6.45, 7) is 2.74. The quantitative estimate of drug-likeness (QED) is 0.824. The molecule has 2 aromatic rings. The number of ether oxygens (including phenoxy) is 1. The van der Waals surface area contributed by atoms with E-state index in [0.717, 1.165) is 38.2 Å². The average Bonchev–Trinajstić information content (AvgIpc) is 2.60. The molecule has 25 heavy (non-hydrogen) atoms. The third-order valence-electron chi connectivity index (χ3n) is 5.27. The predicted octanol–water partition coefficient (Wildman–Crippen LogP) is 2.85. The molecule has 0 bridgehead atoms. The van der Waals surface area contributed by atoms with Crippen LogP contribution in [0.2, 0.25) is 0 Å². The van der Waals surface area contributed by atoms with Crippen LogP contribution >= 0.6 is 0 Å². The van der Waals surface area contributed by atoms with E-state index in [1.807, 2.05) is 18.2 Å². The largest absolute Gasteiger partial charge is 0.486 e. The van der Waals surface area contributed by atoms with E-state index in [1.54, 1.807) is 12.1 Å². The minimum absolute atomic E-state index is 0.139. The summed E-state index contributed by atoms with van der Waals surface area (Å²) >= 11 is 0. The number of piperidine rings is 1. The number of ketones is 1. The summed E-state index contributed by atoms with van der Waals surface area (Å²) in [6, 6.07) is 13.4. The molecule has 0 aromatic heterocycles. The average molecular weight is 337 g/mol. The van der Waals surface area contributed by atoms with Gasteiger partial charge in [0.25, 0.3) is 0 Å². The number of likely N-dealkylation sites (tertiary alicyclic amines) is 1. The summed E-state index contributed by atoms with van der Waals surface area (Å²) in [4.78, 5) is 15.0. The van der Waals surface area contributed by atoms with E-state index < -0.39 is 0 Å². The van der Waals surface area contributed by atoms with Gasteiger partial charge in [0.15, 0.2) is 5.78 Å². The normalized spacial score (nSPS) is 19.4. The van der Waals surface area contributed by atoms with Crippen LogP contribution in [-0.2, 0) is 6.54 Å². The molecule has 2 aliphatic heterocycles. The van der Waals surface area contributed by atoms with Gasteiger partial charge in [-0.2, -0.15) is 0 Å². The minimum atomic E-state index is -0.363. The van der Waals surface area contributed by atoms with Crippen molar-refractivity contribution in [2.75, 3.05) is 24.6 Å². The molecule has 0 saturated carbocycles. The Balaban J connectivity index is 1.43. The summed E-state index contributed by atoms with van der Waals surface area (Å²) in [5, 5.41) is 0. The van der Waals surface area contributed by atoms with Crippen molar-refractivity contribution in [3.63, 3.8) is 0 Å². The number of carbonyl (C=O) groups excluding carboxylic acids is 1. The maximum atomic E-state index is 12.6. The molecule has 5 nitrogen and oxygen atoms in total. The lowest BCUT2D eigenvalue weighted by molar-refractivity contribution is -0.0107. The van der Waals surface area contributed by atoms with E-state index in [-0.39, 0.29) is 11.4 Å². The number of nitrogens with two attached hydrogens (primary N) is 2. The summed E-state index contributed by atoms with van der Waals surface area (Å²) in [7, 11) is 0. The van der Waals surface area contributed by atoms with Crippen molar-refractivity contribution in [3.05, 3.63) is 53.6 Å². The summed E-state index contributed by atoms with van der Waals surface area (Å²) in [5.41, 5.74) is 14.4. The van der Waals surface area contributed by atoms with E-state index in [2.05, 4.69) is 17.0 Å². The van der Waals surface area contributed by atoms with Crippen LogP contribution in [0.5, 0.6) is 5.75 Å². The first-order valence-electron chi connectivity index (χ1n) is 8.72. The number of anilines is 2. The van der Waals surface area contributed by atoms with Crippen molar-refractivity contribution < 1.29 is 9.53 Å². The molecule has 130 valence electrons. The lowest BCUT2D eigenvalue weighted by Gasteiger charge is -2.44. The third-order valence-corrected chi connectivity index (χ3v) is 5.27. The number of rotatable bonds is 2. The van der Waals surface area contributed by atoms with Crippen molar-refractivity contribution in [2.45, 2.75) is 31.4 Å². The van der Waals surface area contributed by atoms with Crippen LogP contribution in [0.25, 0.3) is 0 Å².